The maximum atomic E-state index is 13.7. The van der Waals surface area contributed by atoms with Crippen molar-refractivity contribution in [1.82, 2.24) is 14.5 Å². The van der Waals surface area contributed by atoms with Gasteiger partial charge in [0, 0.05) is 32.1 Å². The number of nitrogens with zero attached hydrogens (tertiary/aromatic N) is 2. The Labute approximate surface area is 126 Å². The highest BCUT2D eigenvalue weighted by Gasteiger charge is 2.14. The van der Waals surface area contributed by atoms with Crippen LogP contribution in [0.15, 0.2) is 12.1 Å². The number of H-pyrrole nitrogens is 1. The van der Waals surface area contributed by atoms with Crippen LogP contribution < -0.4 is 0 Å². The summed E-state index contributed by atoms with van der Waals surface area (Å²) < 4.78 is 28.9. The minimum atomic E-state index is -0.690. The molecule has 0 radical (unpaired) electrons. The molecule has 1 aromatic heterocycles. The highest BCUT2D eigenvalue weighted by Crippen LogP contribution is 2.19. The Balaban J connectivity index is 2.29. The zero-order valence-corrected chi connectivity index (χ0v) is 12.8. The zero-order chi connectivity index (χ0) is 15.6. The van der Waals surface area contributed by atoms with E-state index in [-0.39, 0.29) is 29.2 Å². The number of aromatic nitrogens is 2. The summed E-state index contributed by atoms with van der Waals surface area (Å²) >= 11 is 5.12. The van der Waals surface area contributed by atoms with Crippen LogP contribution in [0.2, 0.25) is 0 Å². The molecule has 0 fully saturated rings. The molecule has 7 heteroatoms. The third kappa shape index (κ3) is 3.12. The van der Waals surface area contributed by atoms with E-state index in [0.717, 1.165) is 6.07 Å². The number of rotatable bonds is 5. The number of carbonyl (C=O) groups excluding carboxylic acids is 1. The molecule has 0 bridgehead atoms. The summed E-state index contributed by atoms with van der Waals surface area (Å²) in [6.07, 6.45) is 0.237. The molecule has 4 nitrogen and oxygen atoms in total. The van der Waals surface area contributed by atoms with E-state index in [1.54, 1.807) is 9.47 Å². The summed E-state index contributed by atoms with van der Waals surface area (Å²) in [6.45, 7) is 5.37. The summed E-state index contributed by atoms with van der Waals surface area (Å²) in [5, 5.41) is 0. The molecule has 114 valence electrons. The quantitative estimate of drug-likeness (QED) is 0.861. The maximum absolute atomic E-state index is 13.7. The number of fused-ring (bicyclic) bond motifs is 1. The van der Waals surface area contributed by atoms with Gasteiger partial charge in [-0.15, -0.1) is 0 Å². The lowest BCUT2D eigenvalue weighted by Gasteiger charge is -2.18. The van der Waals surface area contributed by atoms with Crippen LogP contribution in [0.25, 0.3) is 11.0 Å². The molecule has 0 saturated heterocycles. The monoisotopic (exact) mass is 313 g/mol. The molecular formula is C14H17F2N3OS. The molecule has 0 atom stereocenters. The molecule has 21 heavy (non-hydrogen) atoms. The molecule has 0 aliphatic rings. The lowest BCUT2D eigenvalue weighted by molar-refractivity contribution is -0.131. The van der Waals surface area contributed by atoms with Crippen LogP contribution in [0.4, 0.5) is 8.78 Å². The highest BCUT2D eigenvalue weighted by atomic mass is 32.1. The molecule has 1 heterocycles. The summed E-state index contributed by atoms with van der Waals surface area (Å²) in [7, 11) is 0. The fourth-order valence-electron chi connectivity index (χ4n) is 2.34. The summed E-state index contributed by atoms with van der Waals surface area (Å²) in [5.41, 5.74) is 0.501. The third-order valence-electron chi connectivity index (χ3n) is 3.47. The Hall–Kier alpha value is -1.76. The number of carbonyl (C=O) groups is 1. The van der Waals surface area contributed by atoms with Crippen LogP contribution in [0.5, 0.6) is 0 Å². The van der Waals surface area contributed by atoms with Crippen LogP contribution in [0.1, 0.15) is 20.3 Å². The Bertz CT molecular complexity index is 719. The Morgan fingerprint density at radius 3 is 2.62 bits per heavy atom. The van der Waals surface area contributed by atoms with Gasteiger partial charge in [0.05, 0.1) is 5.52 Å². The first kappa shape index (κ1) is 15.6. The van der Waals surface area contributed by atoms with Crippen LogP contribution >= 0.6 is 12.2 Å². The number of amides is 1. The van der Waals surface area contributed by atoms with Crippen molar-refractivity contribution in [3.8, 4) is 0 Å². The summed E-state index contributed by atoms with van der Waals surface area (Å²) in [5.74, 6) is -1.36. The molecule has 0 aliphatic carbocycles. The van der Waals surface area contributed by atoms with Crippen molar-refractivity contribution < 1.29 is 13.6 Å². The van der Waals surface area contributed by atoms with Gasteiger partial charge in [0.2, 0.25) is 5.91 Å². The topological polar surface area (TPSA) is 41.0 Å². The number of aryl methyl sites for hydroxylation is 1. The van der Waals surface area contributed by atoms with Gasteiger partial charge in [0.25, 0.3) is 0 Å². The number of hydrogen-bond acceptors (Lipinski definition) is 2. The first-order valence-electron chi connectivity index (χ1n) is 6.83. The average molecular weight is 313 g/mol. The normalized spacial score (nSPS) is 11.0. The highest BCUT2D eigenvalue weighted by molar-refractivity contribution is 7.71. The molecule has 0 spiro atoms. The second kappa shape index (κ2) is 6.34. The van der Waals surface area contributed by atoms with Crippen molar-refractivity contribution in [2.75, 3.05) is 13.1 Å². The summed E-state index contributed by atoms with van der Waals surface area (Å²) in [6, 6.07) is 2.02. The predicted octanol–water partition coefficient (Wildman–Crippen LogP) is 3.24. The van der Waals surface area contributed by atoms with Gasteiger partial charge in [-0.1, -0.05) is 0 Å². The van der Waals surface area contributed by atoms with E-state index in [1.807, 2.05) is 13.8 Å². The standard InChI is InChI=1S/C14H17F2N3OS/c1-3-18(4-2)12(20)5-6-19-11-8-9(15)7-10(16)13(11)17-14(19)21/h7-8H,3-6H2,1-2H3,(H,17,21). The molecule has 0 saturated carbocycles. The van der Waals surface area contributed by atoms with Gasteiger partial charge in [-0.3, -0.25) is 4.79 Å². The molecule has 0 unspecified atom stereocenters. The molecule has 2 aromatic rings. The largest absolute Gasteiger partial charge is 0.343 e. The Morgan fingerprint density at radius 1 is 1.33 bits per heavy atom. The minimum Gasteiger partial charge on any atom is -0.343 e. The van der Waals surface area contributed by atoms with Crippen molar-refractivity contribution in [3.63, 3.8) is 0 Å². The van der Waals surface area contributed by atoms with Gasteiger partial charge in [-0.05, 0) is 32.1 Å². The van der Waals surface area contributed by atoms with E-state index < -0.39 is 11.6 Å². The first-order chi connectivity index (χ1) is 9.97. The second-order valence-electron chi connectivity index (χ2n) is 4.68. The molecule has 1 N–H and O–H groups in total. The fraction of sp³-hybridized carbons (Fsp3) is 0.429. The molecule has 0 aliphatic heterocycles. The van der Waals surface area contributed by atoms with Gasteiger partial charge in [-0.2, -0.15) is 0 Å². The fourth-order valence-corrected chi connectivity index (χ4v) is 2.64. The Kier molecular flexibility index (Phi) is 4.72. The van der Waals surface area contributed by atoms with Crippen molar-refractivity contribution in [2.24, 2.45) is 0 Å². The van der Waals surface area contributed by atoms with Crippen LogP contribution in [0, 0.1) is 16.4 Å². The van der Waals surface area contributed by atoms with E-state index in [0.29, 0.717) is 18.6 Å². The molecule has 1 aromatic carbocycles. The van der Waals surface area contributed by atoms with Crippen LogP contribution in [0.3, 0.4) is 0 Å². The predicted molar refractivity (Wildman–Crippen MR) is 79.6 cm³/mol. The number of benzene rings is 1. The lowest BCUT2D eigenvalue weighted by Crippen LogP contribution is -2.31. The SMILES string of the molecule is CCN(CC)C(=O)CCn1c(=S)[nH]c2c(F)cc(F)cc21. The first-order valence-corrected chi connectivity index (χ1v) is 7.24. The lowest BCUT2D eigenvalue weighted by atomic mass is 10.3. The Morgan fingerprint density at radius 2 is 2.00 bits per heavy atom. The third-order valence-corrected chi connectivity index (χ3v) is 3.79. The number of nitrogens with one attached hydrogen (secondary N) is 1. The van der Waals surface area contributed by atoms with Crippen molar-refractivity contribution in [1.29, 1.82) is 0 Å². The average Bonchev–Trinajstić information content (AvgIpc) is 2.74. The van der Waals surface area contributed by atoms with Gasteiger partial charge < -0.3 is 14.5 Å². The van der Waals surface area contributed by atoms with E-state index in [2.05, 4.69) is 4.98 Å². The number of halogens is 2. The molecule has 2 rings (SSSR count). The molecule has 1 amide bonds. The number of hydrogen-bond donors (Lipinski definition) is 1. The van der Waals surface area contributed by atoms with Gasteiger partial charge in [0.1, 0.15) is 11.3 Å². The van der Waals surface area contributed by atoms with Crippen LogP contribution in [-0.4, -0.2) is 33.4 Å². The maximum Gasteiger partial charge on any atom is 0.224 e. The van der Waals surface area contributed by atoms with Gasteiger partial charge in [0.15, 0.2) is 10.6 Å². The number of aromatic amines is 1. The summed E-state index contributed by atoms with van der Waals surface area (Å²) in [4.78, 5) is 16.4. The van der Waals surface area contributed by atoms with E-state index in [9.17, 15) is 13.6 Å². The smallest absolute Gasteiger partial charge is 0.224 e. The van der Waals surface area contributed by atoms with Gasteiger partial charge >= 0.3 is 0 Å². The van der Waals surface area contributed by atoms with Crippen molar-refractivity contribution in [2.45, 2.75) is 26.8 Å². The van der Waals surface area contributed by atoms with E-state index in [4.69, 9.17) is 12.2 Å². The number of imidazole rings is 1. The zero-order valence-electron chi connectivity index (χ0n) is 11.9. The van der Waals surface area contributed by atoms with Crippen molar-refractivity contribution in [3.05, 3.63) is 28.5 Å². The van der Waals surface area contributed by atoms with E-state index >= 15 is 0 Å². The molecular weight excluding hydrogens is 296 g/mol. The minimum absolute atomic E-state index is 0.00637. The van der Waals surface area contributed by atoms with Crippen molar-refractivity contribution >= 4 is 29.2 Å². The van der Waals surface area contributed by atoms with Crippen LogP contribution in [-0.2, 0) is 11.3 Å². The van der Waals surface area contributed by atoms with E-state index in [1.165, 1.54) is 6.07 Å². The second-order valence-corrected chi connectivity index (χ2v) is 5.07. The van der Waals surface area contributed by atoms with Gasteiger partial charge in [-0.25, -0.2) is 8.78 Å².